The molecule has 0 saturated heterocycles. The second kappa shape index (κ2) is 41.4. The third-order valence-corrected chi connectivity index (χ3v) is 11.8. The van der Waals surface area contributed by atoms with Crippen LogP contribution in [0.4, 0.5) is 0 Å². The maximum Gasteiger partial charge on any atom is 0.326 e. The Morgan fingerprint density at radius 3 is 1.65 bits per heavy atom. The molecule has 1 aromatic rings. The van der Waals surface area contributed by atoms with E-state index >= 15 is 0 Å². The Kier molecular flexibility index (Phi) is 37.7. The normalized spacial score (nSPS) is 11.8. The number of nitrogens with one attached hydrogen (secondary N) is 6. The number of aryl methyl sites for hydroxylation is 1. The number of unbranched alkanes of at least 4 members (excludes halogenated alkanes) is 14. The monoisotopic (exact) mass is 1030 g/mol. The van der Waals surface area contributed by atoms with Crippen molar-refractivity contribution in [1.82, 2.24) is 46.6 Å². The number of ether oxygens (including phenoxy) is 4. The number of aromatic amines is 1. The molecule has 0 fully saturated rings. The highest BCUT2D eigenvalue weighted by atomic mass is 79.9. The molecule has 0 aliphatic carbocycles. The standard InChI is InChI=1S/C42H76BrN9O13S/c43-32-39(55)44-22-16-15-18-35(42(58)59)47-41(57)34-65-30-28-63-26-24-46-40(56)33-64-29-27-62-25-23-45-37(53)21-17-31-66(60,61)50-38(54)20-14-12-10-8-6-4-2-1-3-5-7-9-11-13-19-36-48-51-52-49-36/h35H,1-34H2,(H,44,55)(H,45,53)(H,46,56)(H,47,57)(H,50,54)(H,58,59)(H,48,49,51,52). The Morgan fingerprint density at radius 1 is 0.576 bits per heavy atom. The van der Waals surface area contributed by atoms with Crippen LogP contribution in [0.2, 0.25) is 0 Å². The van der Waals surface area contributed by atoms with Gasteiger partial charge in [-0.1, -0.05) is 93.0 Å². The lowest BCUT2D eigenvalue weighted by atomic mass is 10.0. The number of alkyl halides is 1. The van der Waals surface area contributed by atoms with Crippen molar-refractivity contribution in [2.24, 2.45) is 0 Å². The van der Waals surface area contributed by atoms with Crippen LogP contribution in [0.5, 0.6) is 0 Å². The lowest BCUT2D eigenvalue weighted by Crippen LogP contribution is -2.42. The second-order valence-corrected chi connectivity index (χ2v) is 18.1. The average molecular weight is 1030 g/mol. The average Bonchev–Trinajstić information content (AvgIpc) is 3.80. The molecule has 0 radical (unpaired) electrons. The minimum absolute atomic E-state index is 0.0176. The zero-order chi connectivity index (χ0) is 48.4. The molecule has 1 aromatic heterocycles. The Balaban J connectivity index is 1.88. The molecule has 1 unspecified atom stereocenters. The summed E-state index contributed by atoms with van der Waals surface area (Å²) in [5.74, 6) is -2.58. The predicted molar refractivity (Wildman–Crippen MR) is 248 cm³/mol. The summed E-state index contributed by atoms with van der Waals surface area (Å²) in [6.07, 6.45) is 18.4. The van der Waals surface area contributed by atoms with E-state index in [0.29, 0.717) is 25.8 Å². The van der Waals surface area contributed by atoms with E-state index in [2.05, 4.69) is 62.5 Å². The van der Waals surface area contributed by atoms with Gasteiger partial charge in [0.2, 0.25) is 39.6 Å². The molecule has 66 heavy (non-hydrogen) atoms. The molecule has 0 saturated carbocycles. The van der Waals surface area contributed by atoms with Gasteiger partial charge in [0.05, 0.1) is 50.7 Å². The number of amides is 5. The van der Waals surface area contributed by atoms with Crippen molar-refractivity contribution in [3.63, 3.8) is 0 Å². The number of hydrogen-bond donors (Lipinski definition) is 7. The summed E-state index contributed by atoms with van der Waals surface area (Å²) in [6.45, 7) is 1.26. The fourth-order valence-electron chi connectivity index (χ4n) is 6.36. The molecule has 0 aliphatic heterocycles. The smallest absolute Gasteiger partial charge is 0.326 e. The van der Waals surface area contributed by atoms with E-state index in [0.717, 1.165) is 37.9 Å². The van der Waals surface area contributed by atoms with Crippen LogP contribution in [-0.2, 0) is 64.2 Å². The molecular formula is C42H76BrN9O13S. The van der Waals surface area contributed by atoms with Crippen LogP contribution in [0.15, 0.2) is 0 Å². The van der Waals surface area contributed by atoms with Gasteiger partial charge in [-0.25, -0.2) is 18.3 Å². The summed E-state index contributed by atoms with van der Waals surface area (Å²) >= 11 is 3.04. The molecular weight excluding hydrogens is 950 g/mol. The lowest BCUT2D eigenvalue weighted by molar-refractivity contribution is -0.142. The van der Waals surface area contributed by atoms with E-state index in [4.69, 9.17) is 18.9 Å². The minimum atomic E-state index is -3.82. The summed E-state index contributed by atoms with van der Waals surface area (Å²) < 4.78 is 47.9. The third-order valence-electron chi connectivity index (χ3n) is 9.89. The number of carbonyl (C=O) groups is 6. The third kappa shape index (κ3) is 38.3. The number of rotatable bonds is 46. The maximum atomic E-state index is 12.3. The van der Waals surface area contributed by atoms with E-state index in [9.17, 15) is 42.3 Å². The number of nitrogens with zero attached hydrogens (tertiary/aromatic N) is 3. The first kappa shape index (κ1) is 60.2. The van der Waals surface area contributed by atoms with Crippen molar-refractivity contribution in [1.29, 1.82) is 0 Å². The van der Waals surface area contributed by atoms with E-state index in [-0.39, 0.29) is 120 Å². The number of halogens is 1. The number of aliphatic carboxylic acids is 1. The predicted octanol–water partition coefficient (Wildman–Crippen LogP) is 2.37. The zero-order valence-electron chi connectivity index (χ0n) is 38.6. The molecule has 1 heterocycles. The number of H-pyrrole nitrogens is 1. The molecule has 22 nitrogen and oxygen atoms in total. The highest BCUT2D eigenvalue weighted by Crippen LogP contribution is 2.14. The summed E-state index contributed by atoms with van der Waals surface area (Å²) in [7, 11) is -3.82. The van der Waals surface area contributed by atoms with Gasteiger partial charge in [0.1, 0.15) is 25.1 Å². The number of sulfonamides is 1. The highest BCUT2D eigenvalue weighted by molar-refractivity contribution is 9.09. The number of aromatic nitrogens is 4. The van der Waals surface area contributed by atoms with Gasteiger partial charge in [0, 0.05) is 38.9 Å². The Labute approximate surface area is 398 Å². The molecule has 0 aromatic carbocycles. The molecule has 0 bridgehead atoms. The topological polar surface area (TPSA) is 308 Å². The van der Waals surface area contributed by atoms with E-state index in [1.807, 2.05) is 0 Å². The van der Waals surface area contributed by atoms with Gasteiger partial charge in [-0.15, -0.1) is 5.10 Å². The van der Waals surface area contributed by atoms with E-state index in [1.165, 1.54) is 57.8 Å². The molecule has 0 spiro atoms. The summed E-state index contributed by atoms with van der Waals surface area (Å²) in [6, 6.07) is -1.06. The van der Waals surface area contributed by atoms with Crippen LogP contribution in [0.1, 0.15) is 134 Å². The quantitative estimate of drug-likeness (QED) is 0.0364. The van der Waals surface area contributed by atoms with Crippen molar-refractivity contribution in [2.45, 2.75) is 141 Å². The van der Waals surface area contributed by atoms with Crippen molar-refractivity contribution in [3.05, 3.63) is 5.82 Å². The van der Waals surface area contributed by atoms with Crippen LogP contribution < -0.4 is 26.0 Å². The van der Waals surface area contributed by atoms with Crippen LogP contribution in [0, 0.1) is 0 Å². The van der Waals surface area contributed by atoms with Gasteiger partial charge in [0.15, 0.2) is 0 Å². The molecule has 7 N–H and O–H groups in total. The molecule has 1 rings (SSSR count). The first-order valence-corrected chi connectivity index (χ1v) is 26.1. The number of hydrogen-bond acceptors (Lipinski definition) is 15. The van der Waals surface area contributed by atoms with Crippen LogP contribution in [0.3, 0.4) is 0 Å². The number of tetrazole rings is 1. The minimum Gasteiger partial charge on any atom is -0.480 e. The lowest BCUT2D eigenvalue weighted by Gasteiger charge is -2.14. The van der Waals surface area contributed by atoms with Gasteiger partial charge in [-0.05, 0) is 49.0 Å². The van der Waals surface area contributed by atoms with Gasteiger partial charge < -0.3 is 45.3 Å². The molecule has 380 valence electrons. The fourth-order valence-corrected chi connectivity index (χ4v) is 7.63. The van der Waals surface area contributed by atoms with E-state index < -0.39 is 33.8 Å². The summed E-state index contributed by atoms with van der Waals surface area (Å²) in [4.78, 5) is 70.8. The fraction of sp³-hybridized carbons (Fsp3) is 0.833. The van der Waals surface area contributed by atoms with Crippen molar-refractivity contribution in [2.75, 3.05) is 83.6 Å². The van der Waals surface area contributed by atoms with Crippen molar-refractivity contribution < 1.29 is 61.2 Å². The SMILES string of the molecule is O=C(CBr)NCCCCC(NC(=O)COCCOCCNC(=O)COCCOCCNC(=O)CCCS(=O)(=O)NC(=O)CCCCCCCCCCCCCCCCc1nnn[nH]1)C(=O)O. The Bertz CT molecular complexity index is 1560. The molecule has 5 amide bonds. The first-order chi connectivity index (χ1) is 31.9. The number of carboxylic acids is 1. The highest BCUT2D eigenvalue weighted by Gasteiger charge is 2.19. The van der Waals surface area contributed by atoms with E-state index in [1.54, 1.807) is 0 Å². The number of carbonyl (C=O) groups excluding carboxylic acids is 5. The van der Waals surface area contributed by atoms with Crippen LogP contribution in [0.25, 0.3) is 0 Å². The summed E-state index contributed by atoms with van der Waals surface area (Å²) in [5, 5.41) is 33.7. The van der Waals surface area contributed by atoms with Crippen LogP contribution in [-0.4, -0.2) is 159 Å². The molecule has 0 aliphatic rings. The molecule has 24 heteroatoms. The van der Waals surface area contributed by atoms with Crippen molar-refractivity contribution >= 4 is 61.5 Å². The summed E-state index contributed by atoms with van der Waals surface area (Å²) in [5.41, 5.74) is 0. The van der Waals surface area contributed by atoms with Gasteiger partial charge in [-0.3, -0.25) is 28.7 Å². The Morgan fingerprint density at radius 2 is 1.09 bits per heavy atom. The Hall–Kier alpha value is -3.84. The molecule has 1 atom stereocenters. The van der Waals surface area contributed by atoms with Crippen LogP contribution >= 0.6 is 15.9 Å². The maximum absolute atomic E-state index is 12.3. The zero-order valence-corrected chi connectivity index (χ0v) is 41.0. The number of carboxylic acid groups (broad SMARTS) is 1. The van der Waals surface area contributed by atoms with Gasteiger partial charge in [0.25, 0.3) is 0 Å². The first-order valence-electron chi connectivity index (χ1n) is 23.4. The van der Waals surface area contributed by atoms with Gasteiger partial charge in [-0.2, -0.15) is 0 Å². The largest absolute Gasteiger partial charge is 0.480 e. The van der Waals surface area contributed by atoms with Crippen molar-refractivity contribution in [3.8, 4) is 0 Å². The second-order valence-electron chi connectivity index (χ2n) is 15.7. The van der Waals surface area contributed by atoms with Gasteiger partial charge >= 0.3 is 5.97 Å².